The van der Waals surface area contributed by atoms with Gasteiger partial charge in [-0.25, -0.2) is 9.97 Å². The third-order valence-corrected chi connectivity index (χ3v) is 9.85. The molecular formula is C44H33N3. The van der Waals surface area contributed by atoms with E-state index in [9.17, 15) is 0 Å². The smallest absolute Gasteiger partial charge is 0.160 e. The predicted octanol–water partition coefficient (Wildman–Crippen LogP) is 11.2. The molecule has 3 nitrogen and oxygen atoms in total. The van der Waals surface area contributed by atoms with E-state index in [1.54, 1.807) is 0 Å². The minimum Gasteiger partial charge on any atom is -0.309 e. The number of hydrogen-bond donors (Lipinski definition) is 0. The van der Waals surface area contributed by atoms with E-state index in [2.05, 4.69) is 165 Å². The van der Waals surface area contributed by atoms with Crippen molar-refractivity contribution in [3.05, 3.63) is 162 Å². The van der Waals surface area contributed by atoms with Gasteiger partial charge in [0, 0.05) is 38.6 Å². The molecule has 0 saturated carbocycles. The van der Waals surface area contributed by atoms with Gasteiger partial charge in [-0.3, -0.25) is 0 Å². The summed E-state index contributed by atoms with van der Waals surface area (Å²) in [7, 11) is 0. The summed E-state index contributed by atoms with van der Waals surface area (Å²) in [5, 5.41) is 2.53. The minimum atomic E-state index is -0.0562. The Morgan fingerprint density at radius 2 is 1.19 bits per heavy atom. The van der Waals surface area contributed by atoms with Gasteiger partial charge in [-0.1, -0.05) is 123 Å². The quantitative estimate of drug-likeness (QED) is 0.200. The Balaban J connectivity index is 1.26. The first-order valence-electron chi connectivity index (χ1n) is 16.3. The summed E-state index contributed by atoms with van der Waals surface area (Å²) in [5.74, 6) is 0.710. The standard InChI is InChI=1S/C44H33N3/c1-28-13-11-16-30(23-28)40-27-39(29-14-5-4-6-15-29)45-43(46-40)31-17-12-18-32(24-31)47-41-22-10-8-20-34(41)36-25-38-35(26-42(36)47)33-19-7-9-21-37(33)44(38,2)3/h4-27H,1-3H3. The zero-order valence-electron chi connectivity index (χ0n) is 26.7. The molecule has 0 aliphatic heterocycles. The number of fused-ring (bicyclic) bond motifs is 6. The minimum absolute atomic E-state index is 0.0562. The Kier molecular flexibility index (Phi) is 6.07. The van der Waals surface area contributed by atoms with Crippen LogP contribution in [0.4, 0.5) is 0 Å². The highest BCUT2D eigenvalue weighted by molar-refractivity contribution is 6.11. The second kappa shape index (κ2) is 10.4. The molecule has 1 aliphatic carbocycles. The van der Waals surface area contributed by atoms with Crippen molar-refractivity contribution in [2.24, 2.45) is 0 Å². The van der Waals surface area contributed by atoms with E-state index in [-0.39, 0.29) is 5.41 Å². The molecule has 0 amide bonds. The van der Waals surface area contributed by atoms with Crippen LogP contribution in [0.15, 0.2) is 146 Å². The number of hydrogen-bond acceptors (Lipinski definition) is 2. The molecule has 3 heteroatoms. The molecule has 0 radical (unpaired) electrons. The largest absolute Gasteiger partial charge is 0.309 e. The number of nitrogens with zero attached hydrogens (tertiary/aromatic N) is 3. The van der Waals surface area contributed by atoms with Crippen molar-refractivity contribution in [3.8, 4) is 50.7 Å². The van der Waals surface area contributed by atoms with Crippen LogP contribution in [0.2, 0.25) is 0 Å². The fourth-order valence-corrected chi connectivity index (χ4v) is 7.51. The first-order chi connectivity index (χ1) is 23.0. The van der Waals surface area contributed by atoms with Gasteiger partial charge >= 0.3 is 0 Å². The zero-order chi connectivity index (χ0) is 31.7. The van der Waals surface area contributed by atoms with Gasteiger partial charge in [-0.15, -0.1) is 0 Å². The van der Waals surface area contributed by atoms with Crippen LogP contribution in [0.3, 0.4) is 0 Å². The lowest BCUT2D eigenvalue weighted by Crippen LogP contribution is -2.14. The topological polar surface area (TPSA) is 30.7 Å². The second-order valence-corrected chi connectivity index (χ2v) is 13.2. The lowest BCUT2D eigenvalue weighted by molar-refractivity contribution is 0.661. The van der Waals surface area contributed by atoms with Gasteiger partial charge in [0.25, 0.3) is 0 Å². The molecule has 2 aromatic heterocycles. The molecule has 0 atom stereocenters. The Morgan fingerprint density at radius 3 is 2.04 bits per heavy atom. The number of aromatic nitrogens is 3. The van der Waals surface area contributed by atoms with Crippen molar-refractivity contribution in [2.45, 2.75) is 26.2 Å². The number of aryl methyl sites for hydroxylation is 1. The molecule has 0 fully saturated rings. The van der Waals surface area contributed by atoms with Crippen molar-refractivity contribution < 1.29 is 0 Å². The average Bonchev–Trinajstić information content (AvgIpc) is 3.56. The van der Waals surface area contributed by atoms with Gasteiger partial charge in [0.1, 0.15) is 0 Å². The lowest BCUT2D eigenvalue weighted by Gasteiger charge is -2.21. The first-order valence-corrected chi connectivity index (χ1v) is 16.3. The third kappa shape index (κ3) is 4.34. The molecule has 0 unspecified atom stereocenters. The summed E-state index contributed by atoms with van der Waals surface area (Å²) in [6, 6.07) is 52.2. The highest BCUT2D eigenvalue weighted by Gasteiger charge is 2.36. The first kappa shape index (κ1) is 27.5. The SMILES string of the molecule is Cc1cccc(-c2cc(-c3ccccc3)nc(-c3cccc(-n4c5ccccc5c5cc6c(cc54)-c4ccccc4C6(C)C)c3)n2)c1. The summed E-state index contributed by atoms with van der Waals surface area (Å²) >= 11 is 0. The Hall–Kier alpha value is -5.80. The van der Waals surface area contributed by atoms with Crippen molar-refractivity contribution in [3.63, 3.8) is 0 Å². The van der Waals surface area contributed by atoms with Crippen LogP contribution in [-0.4, -0.2) is 14.5 Å². The van der Waals surface area contributed by atoms with Gasteiger partial charge in [0.05, 0.1) is 22.4 Å². The summed E-state index contributed by atoms with van der Waals surface area (Å²) in [6.45, 7) is 6.81. The molecule has 224 valence electrons. The van der Waals surface area contributed by atoms with Crippen molar-refractivity contribution >= 4 is 21.8 Å². The maximum Gasteiger partial charge on any atom is 0.160 e. The van der Waals surface area contributed by atoms with E-state index in [4.69, 9.17) is 9.97 Å². The van der Waals surface area contributed by atoms with Crippen molar-refractivity contribution in [1.82, 2.24) is 14.5 Å². The van der Waals surface area contributed by atoms with Gasteiger partial charge in [0.15, 0.2) is 5.82 Å². The van der Waals surface area contributed by atoms with E-state index >= 15 is 0 Å². The Morgan fingerprint density at radius 1 is 0.489 bits per heavy atom. The fraction of sp³-hybridized carbons (Fsp3) is 0.0909. The highest BCUT2D eigenvalue weighted by atomic mass is 15.0. The van der Waals surface area contributed by atoms with Crippen LogP contribution in [-0.2, 0) is 5.41 Å². The summed E-state index contributed by atoms with van der Waals surface area (Å²) in [5.41, 5.74) is 15.0. The summed E-state index contributed by atoms with van der Waals surface area (Å²) in [4.78, 5) is 10.3. The molecule has 0 N–H and O–H groups in total. The molecule has 0 bridgehead atoms. The molecule has 1 aliphatic rings. The van der Waals surface area contributed by atoms with Crippen LogP contribution in [0.25, 0.3) is 72.5 Å². The number of rotatable bonds is 4. The molecule has 9 rings (SSSR count). The summed E-state index contributed by atoms with van der Waals surface area (Å²) < 4.78 is 2.41. The van der Waals surface area contributed by atoms with Gasteiger partial charge in [-0.05, 0) is 71.6 Å². The lowest BCUT2D eigenvalue weighted by atomic mass is 9.82. The Labute approximate surface area is 274 Å². The number of para-hydroxylation sites is 1. The third-order valence-electron chi connectivity index (χ3n) is 9.85. The van der Waals surface area contributed by atoms with E-state index in [1.165, 1.54) is 49.6 Å². The van der Waals surface area contributed by atoms with E-state index < -0.39 is 0 Å². The summed E-state index contributed by atoms with van der Waals surface area (Å²) in [6.07, 6.45) is 0. The average molecular weight is 604 g/mol. The van der Waals surface area contributed by atoms with Crippen LogP contribution in [0.5, 0.6) is 0 Å². The van der Waals surface area contributed by atoms with Crippen LogP contribution in [0, 0.1) is 6.92 Å². The Bertz CT molecular complexity index is 2500. The van der Waals surface area contributed by atoms with E-state index in [0.29, 0.717) is 5.82 Å². The van der Waals surface area contributed by atoms with E-state index in [0.717, 1.165) is 33.8 Å². The maximum absolute atomic E-state index is 5.16. The molecule has 47 heavy (non-hydrogen) atoms. The fourth-order valence-electron chi connectivity index (χ4n) is 7.51. The number of benzene rings is 6. The van der Waals surface area contributed by atoms with Gasteiger partial charge in [-0.2, -0.15) is 0 Å². The predicted molar refractivity (Wildman–Crippen MR) is 195 cm³/mol. The van der Waals surface area contributed by atoms with Crippen molar-refractivity contribution in [1.29, 1.82) is 0 Å². The molecule has 6 aromatic carbocycles. The van der Waals surface area contributed by atoms with Crippen LogP contribution in [0.1, 0.15) is 30.5 Å². The highest BCUT2D eigenvalue weighted by Crippen LogP contribution is 2.51. The maximum atomic E-state index is 5.16. The molecule has 0 spiro atoms. The normalized spacial score (nSPS) is 13.2. The van der Waals surface area contributed by atoms with Crippen molar-refractivity contribution in [2.75, 3.05) is 0 Å². The van der Waals surface area contributed by atoms with Crippen LogP contribution < -0.4 is 0 Å². The van der Waals surface area contributed by atoms with E-state index in [1.807, 2.05) is 6.07 Å². The van der Waals surface area contributed by atoms with Gasteiger partial charge < -0.3 is 4.57 Å². The molecule has 0 saturated heterocycles. The van der Waals surface area contributed by atoms with Crippen LogP contribution >= 0.6 is 0 Å². The molecule has 8 aromatic rings. The zero-order valence-corrected chi connectivity index (χ0v) is 26.7. The molecule has 2 heterocycles. The second-order valence-electron chi connectivity index (χ2n) is 13.2. The molecular weight excluding hydrogens is 571 g/mol. The van der Waals surface area contributed by atoms with Gasteiger partial charge in [0.2, 0.25) is 0 Å². The monoisotopic (exact) mass is 603 g/mol.